The highest BCUT2D eigenvalue weighted by molar-refractivity contribution is 8.14. The first-order valence-electron chi connectivity index (χ1n) is 11.7. The Hall–Kier alpha value is -3.59. The molecule has 2 aromatic rings. The summed E-state index contributed by atoms with van der Waals surface area (Å²) < 4.78 is 10.1. The number of amides is 2. The van der Waals surface area contributed by atoms with Gasteiger partial charge in [0.15, 0.2) is 5.17 Å². The maximum absolute atomic E-state index is 13.4. The Morgan fingerprint density at radius 1 is 1.11 bits per heavy atom. The topological polar surface area (TPSA) is 97.3 Å². The Bertz CT molecular complexity index is 1150. The van der Waals surface area contributed by atoms with E-state index in [2.05, 4.69) is 10.3 Å². The van der Waals surface area contributed by atoms with Crippen molar-refractivity contribution in [1.82, 2.24) is 5.32 Å². The molecule has 0 unspecified atom stereocenters. The molecular weight excluding hydrogens is 478 g/mol. The summed E-state index contributed by atoms with van der Waals surface area (Å²) >= 11 is 1.19. The molecule has 1 heterocycles. The maximum Gasteiger partial charge on any atom is 0.305 e. The normalized spacial score (nSPS) is 14.1. The van der Waals surface area contributed by atoms with Crippen molar-refractivity contribution in [3.8, 4) is 5.75 Å². The number of hydrogen-bond acceptors (Lipinski definition) is 7. The van der Waals surface area contributed by atoms with Crippen LogP contribution in [0.2, 0.25) is 0 Å². The smallest absolute Gasteiger partial charge is 0.305 e. The average Bonchev–Trinajstić information content (AvgIpc) is 3.15. The van der Waals surface area contributed by atoms with Crippen molar-refractivity contribution in [2.45, 2.75) is 33.6 Å². The number of esters is 1. The summed E-state index contributed by atoms with van der Waals surface area (Å²) in [5, 5.41) is 3.23. The van der Waals surface area contributed by atoms with Gasteiger partial charge in [-0.1, -0.05) is 30.0 Å². The van der Waals surface area contributed by atoms with Gasteiger partial charge in [-0.3, -0.25) is 19.3 Å². The van der Waals surface area contributed by atoms with Crippen LogP contribution in [0.5, 0.6) is 5.75 Å². The van der Waals surface area contributed by atoms with Crippen LogP contribution in [0, 0.1) is 13.8 Å². The number of aryl methyl sites for hydroxylation is 2. The standard InChI is InChI=1S/C27H31N3O5S/c1-5-35-25(32)7-6-12-28-24(31)17-36-27-29-23(16-20-8-10-22(34-4)11-9-20)26(33)30(27)21-14-18(2)13-19(3)15-21/h8-11,13-16H,5-7,12,17H2,1-4H3,(H,28,31)/b23-16-. The summed E-state index contributed by atoms with van der Waals surface area (Å²) in [5.74, 6) is 0.0722. The molecule has 2 aromatic carbocycles. The molecule has 1 aliphatic rings. The van der Waals surface area contributed by atoms with E-state index in [-0.39, 0.29) is 35.7 Å². The fourth-order valence-electron chi connectivity index (χ4n) is 3.63. The molecule has 0 fully saturated rings. The number of benzene rings is 2. The summed E-state index contributed by atoms with van der Waals surface area (Å²) in [6.45, 7) is 6.41. The van der Waals surface area contributed by atoms with Gasteiger partial charge in [0.1, 0.15) is 11.4 Å². The van der Waals surface area contributed by atoms with E-state index in [1.54, 1.807) is 25.0 Å². The minimum Gasteiger partial charge on any atom is -0.497 e. The summed E-state index contributed by atoms with van der Waals surface area (Å²) in [7, 11) is 1.60. The number of carbonyl (C=O) groups is 3. The van der Waals surface area contributed by atoms with Crippen LogP contribution in [0.3, 0.4) is 0 Å². The Morgan fingerprint density at radius 2 is 1.81 bits per heavy atom. The van der Waals surface area contributed by atoms with Crippen molar-refractivity contribution >= 4 is 46.5 Å². The molecule has 0 spiro atoms. The minimum absolute atomic E-state index is 0.0859. The number of thioether (sulfide) groups is 1. The Kier molecular flexibility index (Phi) is 9.69. The minimum atomic E-state index is -0.278. The van der Waals surface area contributed by atoms with Gasteiger partial charge in [-0.05, 0) is 74.2 Å². The zero-order valence-electron chi connectivity index (χ0n) is 21.0. The van der Waals surface area contributed by atoms with Crippen LogP contribution in [-0.4, -0.2) is 49.0 Å². The van der Waals surface area contributed by atoms with E-state index in [9.17, 15) is 14.4 Å². The molecule has 1 N–H and O–H groups in total. The molecule has 2 amide bonds. The van der Waals surface area contributed by atoms with Crippen LogP contribution >= 0.6 is 11.8 Å². The number of amidine groups is 1. The number of methoxy groups -OCH3 is 1. The van der Waals surface area contributed by atoms with Gasteiger partial charge in [0.25, 0.3) is 5.91 Å². The van der Waals surface area contributed by atoms with Crippen LogP contribution in [0.15, 0.2) is 53.2 Å². The molecule has 0 saturated heterocycles. The monoisotopic (exact) mass is 509 g/mol. The Balaban J connectivity index is 1.74. The summed E-state index contributed by atoms with van der Waals surface area (Å²) in [6, 6.07) is 13.2. The number of carbonyl (C=O) groups excluding carboxylic acids is 3. The molecule has 0 radical (unpaired) electrons. The van der Waals surface area contributed by atoms with E-state index in [1.807, 2.05) is 56.3 Å². The molecule has 0 bridgehead atoms. The van der Waals surface area contributed by atoms with Gasteiger partial charge in [-0.15, -0.1) is 0 Å². The van der Waals surface area contributed by atoms with E-state index in [0.717, 1.165) is 22.4 Å². The summed E-state index contributed by atoms with van der Waals surface area (Å²) in [4.78, 5) is 43.4. The van der Waals surface area contributed by atoms with Crippen LogP contribution in [-0.2, 0) is 19.1 Å². The van der Waals surface area contributed by atoms with Gasteiger partial charge >= 0.3 is 5.97 Å². The third-order valence-corrected chi connectivity index (χ3v) is 6.17. The van der Waals surface area contributed by atoms with Crippen molar-refractivity contribution < 1.29 is 23.9 Å². The molecule has 0 saturated carbocycles. The SMILES string of the molecule is CCOC(=O)CCCNC(=O)CSC1=N/C(=C\c2ccc(OC)cc2)C(=O)N1c1cc(C)cc(C)c1. The molecule has 0 aliphatic carbocycles. The number of rotatable bonds is 10. The quantitative estimate of drug-likeness (QED) is 0.292. The fourth-order valence-corrected chi connectivity index (χ4v) is 4.48. The first-order chi connectivity index (χ1) is 17.3. The number of ether oxygens (including phenoxy) is 2. The third-order valence-electron chi connectivity index (χ3n) is 5.23. The number of nitrogens with one attached hydrogen (secondary N) is 1. The van der Waals surface area contributed by atoms with E-state index in [1.165, 1.54) is 11.8 Å². The zero-order valence-corrected chi connectivity index (χ0v) is 21.8. The second-order valence-corrected chi connectivity index (χ2v) is 9.17. The van der Waals surface area contributed by atoms with Gasteiger partial charge in [-0.25, -0.2) is 4.99 Å². The van der Waals surface area contributed by atoms with Gasteiger partial charge in [0, 0.05) is 13.0 Å². The van der Waals surface area contributed by atoms with Crippen molar-refractivity contribution in [1.29, 1.82) is 0 Å². The average molecular weight is 510 g/mol. The highest BCUT2D eigenvalue weighted by atomic mass is 32.2. The second-order valence-electron chi connectivity index (χ2n) is 8.23. The second kappa shape index (κ2) is 12.9. The third kappa shape index (κ3) is 7.45. The first kappa shape index (κ1) is 27.0. The van der Waals surface area contributed by atoms with Crippen LogP contribution in [0.25, 0.3) is 6.08 Å². The molecular formula is C27H31N3O5S. The van der Waals surface area contributed by atoms with Crippen molar-refractivity contribution in [3.63, 3.8) is 0 Å². The number of anilines is 1. The van der Waals surface area contributed by atoms with Crippen LogP contribution < -0.4 is 15.0 Å². The Morgan fingerprint density at radius 3 is 2.44 bits per heavy atom. The first-order valence-corrected chi connectivity index (χ1v) is 12.7. The highest BCUT2D eigenvalue weighted by Crippen LogP contribution is 2.31. The van der Waals surface area contributed by atoms with E-state index in [0.29, 0.717) is 30.4 Å². The molecule has 0 atom stereocenters. The number of nitrogens with zero attached hydrogens (tertiary/aromatic N) is 2. The maximum atomic E-state index is 13.4. The largest absolute Gasteiger partial charge is 0.497 e. The molecule has 0 aromatic heterocycles. The lowest BCUT2D eigenvalue weighted by molar-refractivity contribution is -0.143. The van der Waals surface area contributed by atoms with Crippen LogP contribution in [0.1, 0.15) is 36.5 Å². The molecule has 190 valence electrons. The lowest BCUT2D eigenvalue weighted by atomic mass is 10.1. The van der Waals surface area contributed by atoms with Crippen molar-refractivity contribution in [2.24, 2.45) is 4.99 Å². The molecule has 8 nitrogen and oxygen atoms in total. The summed E-state index contributed by atoms with van der Waals surface area (Å²) in [5.41, 5.74) is 3.85. The van der Waals surface area contributed by atoms with Crippen LogP contribution in [0.4, 0.5) is 5.69 Å². The Labute approximate surface area is 215 Å². The number of aliphatic imine (C=N–C) groups is 1. The van der Waals surface area contributed by atoms with E-state index >= 15 is 0 Å². The predicted molar refractivity (Wildman–Crippen MR) is 143 cm³/mol. The van der Waals surface area contributed by atoms with E-state index < -0.39 is 0 Å². The molecule has 1 aliphatic heterocycles. The highest BCUT2D eigenvalue weighted by Gasteiger charge is 2.32. The van der Waals surface area contributed by atoms with Gasteiger partial charge in [0.05, 0.1) is 25.2 Å². The van der Waals surface area contributed by atoms with Crippen molar-refractivity contribution in [3.05, 3.63) is 64.9 Å². The number of hydrogen-bond donors (Lipinski definition) is 1. The zero-order chi connectivity index (χ0) is 26.1. The predicted octanol–water partition coefficient (Wildman–Crippen LogP) is 4.25. The van der Waals surface area contributed by atoms with Gasteiger partial charge in [0.2, 0.25) is 5.91 Å². The van der Waals surface area contributed by atoms with Gasteiger partial charge in [-0.2, -0.15) is 0 Å². The van der Waals surface area contributed by atoms with E-state index in [4.69, 9.17) is 9.47 Å². The lowest BCUT2D eigenvalue weighted by Gasteiger charge is -2.19. The molecule has 9 heteroatoms. The lowest BCUT2D eigenvalue weighted by Crippen LogP contribution is -2.32. The van der Waals surface area contributed by atoms with Crippen molar-refractivity contribution in [2.75, 3.05) is 30.9 Å². The molecule has 36 heavy (non-hydrogen) atoms. The fraction of sp³-hybridized carbons (Fsp3) is 0.333. The van der Waals surface area contributed by atoms with Gasteiger partial charge < -0.3 is 14.8 Å². The molecule has 3 rings (SSSR count). The summed E-state index contributed by atoms with van der Waals surface area (Å²) in [6.07, 6.45) is 2.47.